The minimum Gasteiger partial charge on any atom is -0.422 e. The maximum atomic E-state index is 12.4. The van der Waals surface area contributed by atoms with Crippen LogP contribution in [0.1, 0.15) is 5.56 Å². The Bertz CT molecular complexity index is 1130. The minimum absolute atomic E-state index is 0.309. The monoisotopic (exact) mass is 331 g/mol. The highest BCUT2D eigenvalue weighted by Crippen LogP contribution is 2.23. The van der Waals surface area contributed by atoms with Crippen LogP contribution in [0, 0.1) is 0 Å². The summed E-state index contributed by atoms with van der Waals surface area (Å²) in [6.45, 7) is 0. The number of aromatic nitrogens is 2. The smallest absolute Gasteiger partial charge is 0.345 e. The van der Waals surface area contributed by atoms with Crippen molar-refractivity contribution in [2.24, 2.45) is 5.16 Å². The van der Waals surface area contributed by atoms with E-state index in [4.69, 9.17) is 9.62 Å². The SMILES string of the molecule is O=c1oc2ccccc2cc1-c1nn(-c2ccccc2)cc1C=NO. The molecule has 4 rings (SSSR count). The Labute approximate surface area is 142 Å². The molecule has 6 heteroatoms. The van der Waals surface area contributed by atoms with E-state index in [1.165, 1.54) is 6.21 Å². The van der Waals surface area contributed by atoms with Crippen molar-refractivity contribution in [3.05, 3.63) is 82.8 Å². The summed E-state index contributed by atoms with van der Waals surface area (Å²) in [6, 6.07) is 18.5. The summed E-state index contributed by atoms with van der Waals surface area (Å²) in [6.07, 6.45) is 2.94. The first-order valence-corrected chi connectivity index (χ1v) is 7.62. The molecule has 2 aromatic heterocycles. The lowest BCUT2D eigenvalue weighted by atomic mass is 10.1. The fourth-order valence-corrected chi connectivity index (χ4v) is 2.69. The number of nitrogens with zero attached hydrogens (tertiary/aromatic N) is 3. The highest BCUT2D eigenvalue weighted by atomic mass is 16.4. The number of para-hydroxylation sites is 2. The Morgan fingerprint density at radius 3 is 2.64 bits per heavy atom. The van der Waals surface area contributed by atoms with Crippen LogP contribution in [-0.2, 0) is 0 Å². The lowest BCUT2D eigenvalue weighted by Crippen LogP contribution is -2.05. The van der Waals surface area contributed by atoms with E-state index in [-0.39, 0.29) is 0 Å². The first-order chi connectivity index (χ1) is 12.3. The van der Waals surface area contributed by atoms with Crippen LogP contribution in [0.15, 0.2) is 81.2 Å². The molecule has 0 atom stereocenters. The van der Waals surface area contributed by atoms with E-state index in [0.717, 1.165) is 11.1 Å². The summed E-state index contributed by atoms with van der Waals surface area (Å²) < 4.78 is 7.01. The van der Waals surface area contributed by atoms with Crippen LogP contribution in [-0.4, -0.2) is 21.2 Å². The van der Waals surface area contributed by atoms with Gasteiger partial charge in [-0.3, -0.25) is 0 Å². The summed E-state index contributed by atoms with van der Waals surface area (Å²) >= 11 is 0. The highest BCUT2D eigenvalue weighted by molar-refractivity contribution is 5.90. The first kappa shape index (κ1) is 14.9. The second-order valence-electron chi connectivity index (χ2n) is 5.44. The average molecular weight is 331 g/mol. The number of benzene rings is 2. The molecule has 0 saturated heterocycles. The molecule has 2 aromatic carbocycles. The van der Waals surface area contributed by atoms with Crippen LogP contribution < -0.4 is 5.63 Å². The van der Waals surface area contributed by atoms with Gasteiger partial charge < -0.3 is 9.62 Å². The van der Waals surface area contributed by atoms with Crippen molar-refractivity contribution in [1.82, 2.24) is 9.78 Å². The summed E-state index contributed by atoms with van der Waals surface area (Å²) in [4.78, 5) is 12.4. The molecule has 4 aromatic rings. The molecule has 0 aliphatic carbocycles. The summed E-state index contributed by atoms with van der Waals surface area (Å²) in [7, 11) is 0. The van der Waals surface area contributed by atoms with Crippen LogP contribution in [0.3, 0.4) is 0 Å². The molecular weight excluding hydrogens is 318 g/mol. The molecule has 0 bridgehead atoms. The second kappa shape index (κ2) is 6.09. The zero-order valence-corrected chi connectivity index (χ0v) is 13.0. The van der Waals surface area contributed by atoms with E-state index < -0.39 is 5.63 Å². The first-order valence-electron chi connectivity index (χ1n) is 7.62. The molecule has 0 aliphatic rings. The normalized spacial score (nSPS) is 11.4. The molecule has 0 unspecified atom stereocenters. The minimum atomic E-state index is -0.496. The zero-order valence-electron chi connectivity index (χ0n) is 13.0. The third-order valence-electron chi connectivity index (χ3n) is 3.86. The Kier molecular flexibility index (Phi) is 3.63. The molecule has 6 nitrogen and oxygen atoms in total. The number of rotatable bonds is 3. The molecule has 0 saturated carbocycles. The van der Waals surface area contributed by atoms with Crippen LogP contribution in [0.5, 0.6) is 0 Å². The lowest BCUT2D eigenvalue weighted by molar-refractivity contribution is 0.322. The molecule has 0 radical (unpaired) electrons. The van der Waals surface area contributed by atoms with Crippen LogP contribution >= 0.6 is 0 Å². The van der Waals surface area contributed by atoms with E-state index >= 15 is 0 Å². The lowest BCUT2D eigenvalue weighted by Gasteiger charge is -2.01. The predicted molar refractivity (Wildman–Crippen MR) is 94.4 cm³/mol. The van der Waals surface area contributed by atoms with Crippen LogP contribution in [0.2, 0.25) is 0 Å². The van der Waals surface area contributed by atoms with E-state index in [2.05, 4.69) is 10.3 Å². The van der Waals surface area contributed by atoms with E-state index in [0.29, 0.717) is 22.4 Å². The highest BCUT2D eigenvalue weighted by Gasteiger charge is 2.16. The summed E-state index contributed by atoms with van der Waals surface area (Å²) in [5.41, 5.74) is 2.05. The van der Waals surface area contributed by atoms with Crippen molar-refractivity contribution in [1.29, 1.82) is 0 Å². The van der Waals surface area contributed by atoms with Crippen molar-refractivity contribution < 1.29 is 9.62 Å². The van der Waals surface area contributed by atoms with E-state index in [1.54, 1.807) is 29.1 Å². The molecule has 25 heavy (non-hydrogen) atoms. The average Bonchev–Trinajstić information content (AvgIpc) is 3.06. The Hall–Kier alpha value is -3.67. The maximum Gasteiger partial charge on any atom is 0.345 e. The topological polar surface area (TPSA) is 80.6 Å². The number of fused-ring (bicyclic) bond motifs is 1. The van der Waals surface area contributed by atoms with Gasteiger partial charge in [0.25, 0.3) is 0 Å². The Morgan fingerprint density at radius 1 is 1.08 bits per heavy atom. The van der Waals surface area contributed by atoms with Gasteiger partial charge >= 0.3 is 5.63 Å². The van der Waals surface area contributed by atoms with Gasteiger partial charge in [0.05, 0.1) is 17.5 Å². The predicted octanol–water partition coefficient (Wildman–Crippen LogP) is 3.45. The quantitative estimate of drug-likeness (QED) is 0.270. The Morgan fingerprint density at radius 2 is 1.84 bits per heavy atom. The molecule has 2 heterocycles. The largest absolute Gasteiger partial charge is 0.422 e. The molecule has 0 spiro atoms. The van der Waals surface area contributed by atoms with Crippen molar-refractivity contribution in [2.45, 2.75) is 0 Å². The third-order valence-corrected chi connectivity index (χ3v) is 3.86. The fourth-order valence-electron chi connectivity index (χ4n) is 2.69. The fraction of sp³-hybridized carbons (Fsp3) is 0. The van der Waals surface area contributed by atoms with Gasteiger partial charge in [-0.1, -0.05) is 41.6 Å². The van der Waals surface area contributed by atoms with Gasteiger partial charge in [0.1, 0.15) is 11.3 Å². The number of hydrogen-bond acceptors (Lipinski definition) is 5. The van der Waals surface area contributed by atoms with Gasteiger partial charge in [0.15, 0.2) is 0 Å². The Balaban J connectivity index is 1.94. The van der Waals surface area contributed by atoms with Gasteiger partial charge in [0.2, 0.25) is 0 Å². The number of hydrogen-bond donors (Lipinski definition) is 1. The van der Waals surface area contributed by atoms with Gasteiger partial charge in [-0.05, 0) is 24.3 Å². The summed E-state index contributed by atoms with van der Waals surface area (Å²) in [5, 5.41) is 17.3. The van der Waals surface area contributed by atoms with Crippen molar-refractivity contribution in [3.8, 4) is 16.9 Å². The third kappa shape index (κ3) is 2.70. The maximum absolute atomic E-state index is 12.4. The van der Waals surface area contributed by atoms with E-state index in [1.807, 2.05) is 42.5 Å². The summed E-state index contributed by atoms with van der Waals surface area (Å²) in [5.74, 6) is 0. The molecule has 0 fully saturated rings. The standard InChI is InChI=1S/C19H13N3O3/c23-19-16(10-13-6-4-5-9-17(13)25-19)18-14(11-20-24)12-22(21-18)15-7-2-1-3-8-15/h1-12,24H. The van der Waals surface area contributed by atoms with Crippen LogP contribution in [0.4, 0.5) is 0 Å². The van der Waals surface area contributed by atoms with Gasteiger partial charge in [-0.15, -0.1) is 0 Å². The van der Waals surface area contributed by atoms with Crippen LogP contribution in [0.25, 0.3) is 27.9 Å². The number of oxime groups is 1. The molecular formula is C19H13N3O3. The van der Waals surface area contributed by atoms with Crippen molar-refractivity contribution in [3.63, 3.8) is 0 Å². The van der Waals surface area contributed by atoms with E-state index in [9.17, 15) is 4.79 Å². The van der Waals surface area contributed by atoms with Gasteiger partial charge in [-0.25, -0.2) is 9.48 Å². The molecule has 0 amide bonds. The molecule has 1 N–H and O–H groups in total. The molecule has 122 valence electrons. The van der Waals surface area contributed by atoms with Crippen molar-refractivity contribution in [2.75, 3.05) is 0 Å². The molecule has 0 aliphatic heterocycles. The second-order valence-corrected chi connectivity index (χ2v) is 5.44. The van der Waals surface area contributed by atoms with Crippen molar-refractivity contribution >= 4 is 17.2 Å². The van der Waals surface area contributed by atoms with Gasteiger partial charge in [0, 0.05) is 17.1 Å². The zero-order chi connectivity index (χ0) is 17.2. The van der Waals surface area contributed by atoms with Gasteiger partial charge in [-0.2, -0.15) is 5.10 Å².